The summed E-state index contributed by atoms with van der Waals surface area (Å²) in [5.41, 5.74) is 6.26. The smallest absolute Gasteiger partial charge is 0.251 e. The number of nitrogens with two attached hydrogens (primary N) is 1. The fourth-order valence-corrected chi connectivity index (χ4v) is 1.87. The van der Waals surface area contributed by atoms with Crippen molar-refractivity contribution in [3.05, 3.63) is 29.3 Å². The van der Waals surface area contributed by atoms with Crippen LogP contribution in [0.25, 0.3) is 5.82 Å². The maximum Gasteiger partial charge on any atom is 0.251 e. The van der Waals surface area contributed by atoms with E-state index in [4.69, 9.17) is 5.73 Å². The van der Waals surface area contributed by atoms with Gasteiger partial charge in [-0.1, -0.05) is 20.8 Å². The van der Waals surface area contributed by atoms with Crippen LogP contribution < -0.4 is 11.1 Å². The van der Waals surface area contributed by atoms with Crippen molar-refractivity contribution in [2.45, 2.75) is 33.1 Å². The minimum Gasteiger partial charge on any atom is -0.373 e. The van der Waals surface area contributed by atoms with E-state index in [0.717, 1.165) is 11.4 Å². The Morgan fingerprint density at radius 3 is 2.48 bits per heavy atom. The normalized spacial score (nSPS) is 11.5. The van der Waals surface area contributed by atoms with Gasteiger partial charge in [-0.05, 0) is 6.92 Å². The first-order chi connectivity index (χ1) is 9.74. The van der Waals surface area contributed by atoms with Gasteiger partial charge >= 0.3 is 0 Å². The number of carbonyl (C=O) groups is 1. The van der Waals surface area contributed by atoms with Gasteiger partial charge < -0.3 is 11.1 Å². The van der Waals surface area contributed by atoms with E-state index >= 15 is 0 Å². The average molecular weight is 288 g/mol. The van der Waals surface area contributed by atoms with Crippen molar-refractivity contribution in [2.24, 2.45) is 5.73 Å². The fraction of sp³-hybridized carbons (Fsp3) is 0.429. The zero-order valence-electron chi connectivity index (χ0n) is 12.9. The van der Waals surface area contributed by atoms with Crippen molar-refractivity contribution in [1.82, 2.24) is 19.7 Å². The monoisotopic (exact) mass is 288 g/mol. The van der Waals surface area contributed by atoms with E-state index in [1.165, 1.54) is 6.20 Å². The second-order valence-corrected chi connectivity index (χ2v) is 5.88. The molecule has 21 heavy (non-hydrogen) atoms. The number of anilines is 1. The molecule has 112 valence electrons. The van der Waals surface area contributed by atoms with E-state index in [1.54, 1.807) is 10.9 Å². The van der Waals surface area contributed by atoms with Crippen LogP contribution in [-0.2, 0) is 5.41 Å². The molecule has 2 aromatic rings. The van der Waals surface area contributed by atoms with Crippen molar-refractivity contribution in [3.63, 3.8) is 0 Å². The number of amides is 1. The van der Waals surface area contributed by atoms with Crippen molar-refractivity contribution in [1.29, 1.82) is 0 Å². The van der Waals surface area contributed by atoms with Crippen LogP contribution >= 0.6 is 0 Å². The quantitative estimate of drug-likeness (QED) is 0.889. The third-order valence-corrected chi connectivity index (χ3v) is 3.11. The summed E-state index contributed by atoms with van der Waals surface area (Å²) in [6, 6.07) is 0. The molecule has 7 heteroatoms. The van der Waals surface area contributed by atoms with E-state index in [2.05, 4.69) is 20.4 Å². The fourth-order valence-electron chi connectivity index (χ4n) is 1.87. The van der Waals surface area contributed by atoms with Gasteiger partial charge in [0.2, 0.25) is 0 Å². The lowest BCUT2D eigenvalue weighted by Gasteiger charge is -2.20. The third kappa shape index (κ3) is 2.86. The lowest BCUT2D eigenvalue weighted by atomic mass is 9.95. The van der Waals surface area contributed by atoms with Crippen LogP contribution in [0.3, 0.4) is 0 Å². The van der Waals surface area contributed by atoms with Crippen LogP contribution in [0.4, 0.5) is 5.82 Å². The largest absolute Gasteiger partial charge is 0.373 e. The Bertz CT molecular complexity index is 683. The van der Waals surface area contributed by atoms with Gasteiger partial charge in [0, 0.05) is 24.2 Å². The minimum absolute atomic E-state index is 0.201. The maximum atomic E-state index is 11.2. The predicted octanol–water partition coefficient (Wildman–Crippen LogP) is 1.41. The highest BCUT2D eigenvalue weighted by molar-refractivity contribution is 5.92. The van der Waals surface area contributed by atoms with Gasteiger partial charge in [0.25, 0.3) is 5.91 Å². The van der Waals surface area contributed by atoms with Gasteiger partial charge in [-0.2, -0.15) is 5.10 Å². The third-order valence-electron chi connectivity index (χ3n) is 3.11. The standard InChI is InChI=1S/C14H20N6O/c1-8-11(16-5)18-13(14(2,3)4)19-12(8)20-7-9(6-17-20)10(15)21/h6-7H,1-5H3,(H2,15,21)(H,16,18,19). The van der Waals surface area contributed by atoms with Gasteiger partial charge in [0.15, 0.2) is 5.82 Å². The van der Waals surface area contributed by atoms with E-state index in [1.807, 2.05) is 34.7 Å². The first kappa shape index (κ1) is 15.0. The van der Waals surface area contributed by atoms with Crippen molar-refractivity contribution in [3.8, 4) is 5.82 Å². The van der Waals surface area contributed by atoms with Crippen LogP contribution in [-0.4, -0.2) is 32.7 Å². The molecular weight excluding hydrogens is 268 g/mol. The van der Waals surface area contributed by atoms with Gasteiger partial charge in [-0.25, -0.2) is 14.6 Å². The molecule has 3 N–H and O–H groups in total. The molecule has 0 aliphatic carbocycles. The number of primary amides is 1. The van der Waals surface area contributed by atoms with Crippen molar-refractivity contribution >= 4 is 11.7 Å². The highest BCUT2D eigenvalue weighted by Gasteiger charge is 2.22. The second kappa shape index (κ2) is 5.16. The summed E-state index contributed by atoms with van der Waals surface area (Å²) in [6.45, 7) is 8.02. The molecule has 0 aromatic carbocycles. The Labute approximate surface area is 123 Å². The van der Waals surface area contributed by atoms with Crippen LogP contribution in [0.2, 0.25) is 0 Å². The number of hydrogen-bond donors (Lipinski definition) is 2. The SMILES string of the molecule is CNc1nc(C(C)(C)C)nc(-n2cc(C(N)=O)cn2)c1C. The van der Waals surface area contributed by atoms with E-state index in [9.17, 15) is 4.79 Å². The molecule has 0 saturated heterocycles. The molecule has 2 aromatic heterocycles. The zero-order valence-corrected chi connectivity index (χ0v) is 12.9. The van der Waals surface area contributed by atoms with Crippen LogP contribution in [0, 0.1) is 6.92 Å². The number of nitrogens with zero attached hydrogens (tertiary/aromatic N) is 4. The van der Waals surface area contributed by atoms with Crippen LogP contribution in [0.1, 0.15) is 42.5 Å². The summed E-state index contributed by atoms with van der Waals surface area (Å²) in [5, 5.41) is 7.23. The van der Waals surface area contributed by atoms with Crippen molar-refractivity contribution in [2.75, 3.05) is 12.4 Å². The van der Waals surface area contributed by atoms with Crippen LogP contribution in [0.15, 0.2) is 12.4 Å². The number of aromatic nitrogens is 4. The summed E-state index contributed by atoms with van der Waals surface area (Å²) in [4.78, 5) is 20.3. The molecular formula is C14H20N6O. The highest BCUT2D eigenvalue weighted by atomic mass is 16.1. The van der Waals surface area contributed by atoms with Gasteiger partial charge in [0.05, 0.1) is 11.8 Å². The van der Waals surface area contributed by atoms with E-state index in [0.29, 0.717) is 17.2 Å². The van der Waals surface area contributed by atoms with Crippen molar-refractivity contribution < 1.29 is 4.79 Å². The number of hydrogen-bond acceptors (Lipinski definition) is 5. The Morgan fingerprint density at radius 2 is 2.00 bits per heavy atom. The van der Waals surface area contributed by atoms with Gasteiger partial charge in [-0.15, -0.1) is 0 Å². The second-order valence-electron chi connectivity index (χ2n) is 5.88. The number of rotatable bonds is 3. The first-order valence-electron chi connectivity index (χ1n) is 6.65. The molecule has 1 amide bonds. The van der Waals surface area contributed by atoms with Gasteiger partial charge in [0.1, 0.15) is 11.6 Å². The summed E-state index contributed by atoms with van der Waals surface area (Å²) >= 11 is 0. The molecule has 0 spiro atoms. The predicted molar refractivity (Wildman–Crippen MR) is 80.7 cm³/mol. The Morgan fingerprint density at radius 1 is 1.33 bits per heavy atom. The first-order valence-corrected chi connectivity index (χ1v) is 6.65. The molecule has 2 rings (SSSR count). The van der Waals surface area contributed by atoms with Gasteiger partial charge in [-0.3, -0.25) is 4.79 Å². The Balaban J connectivity index is 2.63. The minimum atomic E-state index is -0.516. The zero-order chi connectivity index (χ0) is 15.8. The lowest BCUT2D eigenvalue weighted by Crippen LogP contribution is -2.20. The average Bonchev–Trinajstić information content (AvgIpc) is 2.87. The molecule has 0 fully saturated rings. The molecule has 2 heterocycles. The summed E-state index contributed by atoms with van der Waals surface area (Å²) in [6.07, 6.45) is 3.00. The molecule has 0 radical (unpaired) electrons. The summed E-state index contributed by atoms with van der Waals surface area (Å²) < 4.78 is 1.55. The molecule has 0 atom stereocenters. The molecule has 0 bridgehead atoms. The number of nitrogens with one attached hydrogen (secondary N) is 1. The maximum absolute atomic E-state index is 11.2. The Kier molecular flexibility index (Phi) is 3.67. The number of carbonyl (C=O) groups excluding carboxylic acids is 1. The van der Waals surface area contributed by atoms with E-state index < -0.39 is 5.91 Å². The molecule has 0 unspecified atom stereocenters. The molecule has 7 nitrogen and oxygen atoms in total. The Hall–Kier alpha value is -2.44. The highest BCUT2D eigenvalue weighted by Crippen LogP contribution is 2.25. The lowest BCUT2D eigenvalue weighted by molar-refractivity contribution is 0.100. The summed E-state index contributed by atoms with van der Waals surface area (Å²) in [7, 11) is 1.81. The summed E-state index contributed by atoms with van der Waals surface area (Å²) in [5.74, 6) is 1.55. The van der Waals surface area contributed by atoms with E-state index in [-0.39, 0.29) is 5.41 Å². The van der Waals surface area contributed by atoms with Crippen LogP contribution in [0.5, 0.6) is 0 Å². The molecule has 0 saturated carbocycles. The topological polar surface area (TPSA) is 98.7 Å². The molecule has 0 aliphatic rings. The molecule has 0 aliphatic heterocycles.